The number of benzene rings is 3. The van der Waals surface area contributed by atoms with Crippen molar-refractivity contribution in [2.45, 2.75) is 18.7 Å². The maximum atomic E-state index is 6.44. The van der Waals surface area contributed by atoms with Crippen molar-refractivity contribution in [1.82, 2.24) is 5.01 Å². The van der Waals surface area contributed by atoms with Gasteiger partial charge in [0, 0.05) is 27.6 Å². The van der Waals surface area contributed by atoms with Gasteiger partial charge in [-0.3, -0.25) is 0 Å². The van der Waals surface area contributed by atoms with Gasteiger partial charge in [0.2, 0.25) is 6.23 Å². The molecule has 0 fully saturated rings. The third-order valence-electron chi connectivity index (χ3n) is 5.87. The Hall–Kier alpha value is -3.19. The molecule has 0 N–H and O–H groups in total. The van der Waals surface area contributed by atoms with Crippen molar-refractivity contribution < 1.29 is 18.9 Å². The van der Waals surface area contributed by atoms with E-state index in [0.717, 1.165) is 44.8 Å². The van der Waals surface area contributed by atoms with Crippen molar-refractivity contribution >= 4 is 21.6 Å². The first-order valence-electron chi connectivity index (χ1n) is 10.3. The van der Waals surface area contributed by atoms with Gasteiger partial charge in [0.25, 0.3) is 0 Å². The Morgan fingerprint density at radius 1 is 0.906 bits per heavy atom. The van der Waals surface area contributed by atoms with E-state index < -0.39 is 0 Å². The van der Waals surface area contributed by atoms with Crippen LogP contribution in [0.3, 0.4) is 0 Å². The fraction of sp³-hybridized carbons (Fsp3) is 0.240. The fourth-order valence-electron chi connectivity index (χ4n) is 4.24. The summed E-state index contributed by atoms with van der Waals surface area (Å²) >= 11 is 3.60. The molecule has 164 valence electrons. The normalized spacial score (nSPS) is 18.9. The quantitative estimate of drug-likeness (QED) is 0.454. The molecule has 3 aromatic carbocycles. The molecule has 2 aliphatic rings. The van der Waals surface area contributed by atoms with Gasteiger partial charge in [-0.2, -0.15) is 5.10 Å². The van der Waals surface area contributed by atoms with Gasteiger partial charge in [-0.1, -0.05) is 15.9 Å². The summed E-state index contributed by atoms with van der Waals surface area (Å²) in [6.07, 6.45) is 0.423. The van der Waals surface area contributed by atoms with E-state index in [0.29, 0.717) is 11.5 Å². The summed E-state index contributed by atoms with van der Waals surface area (Å²) in [5.41, 5.74) is 4.11. The Labute approximate surface area is 195 Å². The highest BCUT2D eigenvalue weighted by Crippen LogP contribution is 2.48. The first-order chi connectivity index (χ1) is 15.6. The average molecular weight is 495 g/mol. The van der Waals surface area contributed by atoms with Gasteiger partial charge in [-0.05, 0) is 60.7 Å². The lowest BCUT2D eigenvalue weighted by Crippen LogP contribution is -2.33. The summed E-state index contributed by atoms with van der Waals surface area (Å²) in [6.45, 7) is 0. The number of fused-ring (bicyclic) bond motifs is 3. The van der Waals surface area contributed by atoms with Crippen LogP contribution in [0.15, 0.2) is 70.2 Å². The molecule has 5 rings (SSSR count). The second-order valence-electron chi connectivity index (χ2n) is 7.64. The highest BCUT2D eigenvalue weighted by atomic mass is 79.9. The number of ether oxygens (including phenoxy) is 4. The first kappa shape index (κ1) is 20.7. The Balaban J connectivity index is 1.57. The molecule has 0 spiro atoms. The minimum atomic E-state index is -0.336. The van der Waals surface area contributed by atoms with E-state index in [2.05, 4.69) is 27.0 Å². The monoisotopic (exact) mass is 494 g/mol. The SMILES string of the molecule is COc1ccc([C@H]2Oc3ccc(Br)cc3[C@@H]3CC(c4ccc(OC)c(OC)c4)=NN23)cc1. The van der Waals surface area contributed by atoms with Gasteiger partial charge in [-0.15, -0.1) is 0 Å². The van der Waals surface area contributed by atoms with Gasteiger partial charge in [-0.25, -0.2) is 5.01 Å². The predicted molar refractivity (Wildman–Crippen MR) is 126 cm³/mol. The summed E-state index contributed by atoms with van der Waals surface area (Å²) in [6, 6.07) is 20.0. The number of hydrogen-bond donors (Lipinski definition) is 0. The van der Waals surface area contributed by atoms with Crippen LogP contribution >= 0.6 is 15.9 Å². The average Bonchev–Trinajstić information content (AvgIpc) is 3.29. The molecule has 2 atom stereocenters. The maximum absolute atomic E-state index is 6.44. The van der Waals surface area contributed by atoms with E-state index in [-0.39, 0.29) is 12.3 Å². The molecule has 0 aliphatic carbocycles. The van der Waals surface area contributed by atoms with E-state index in [4.69, 9.17) is 24.0 Å². The molecule has 2 aliphatic heterocycles. The van der Waals surface area contributed by atoms with E-state index in [1.807, 2.05) is 54.6 Å². The largest absolute Gasteiger partial charge is 0.497 e. The Morgan fingerprint density at radius 2 is 1.69 bits per heavy atom. The topological polar surface area (TPSA) is 52.5 Å². The minimum Gasteiger partial charge on any atom is -0.497 e. The van der Waals surface area contributed by atoms with Gasteiger partial charge in [0.15, 0.2) is 11.5 Å². The number of nitrogens with zero attached hydrogens (tertiary/aromatic N) is 2. The number of rotatable bonds is 5. The summed E-state index contributed by atoms with van der Waals surface area (Å²) in [4.78, 5) is 0. The van der Waals surface area contributed by atoms with Crippen LogP contribution in [0.5, 0.6) is 23.0 Å². The number of halogens is 1. The van der Waals surface area contributed by atoms with E-state index in [1.165, 1.54) is 0 Å². The van der Waals surface area contributed by atoms with Gasteiger partial charge >= 0.3 is 0 Å². The zero-order valence-corrected chi connectivity index (χ0v) is 19.6. The number of methoxy groups -OCH3 is 3. The van der Waals surface area contributed by atoms with Crippen molar-refractivity contribution in [2.24, 2.45) is 5.10 Å². The van der Waals surface area contributed by atoms with Crippen LogP contribution in [-0.2, 0) is 0 Å². The summed E-state index contributed by atoms with van der Waals surface area (Å²) in [5, 5.41) is 7.08. The summed E-state index contributed by atoms with van der Waals surface area (Å²) < 4.78 is 23.7. The van der Waals surface area contributed by atoms with Crippen LogP contribution in [0.2, 0.25) is 0 Å². The first-order valence-corrected chi connectivity index (χ1v) is 11.1. The molecule has 6 nitrogen and oxygen atoms in total. The Kier molecular flexibility index (Phi) is 5.43. The zero-order valence-electron chi connectivity index (χ0n) is 18.0. The van der Waals surface area contributed by atoms with Crippen LogP contribution in [0.4, 0.5) is 0 Å². The van der Waals surface area contributed by atoms with Gasteiger partial charge in [0.1, 0.15) is 11.5 Å². The zero-order chi connectivity index (χ0) is 22.2. The maximum Gasteiger partial charge on any atom is 0.213 e. The van der Waals surface area contributed by atoms with Gasteiger partial charge in [0.05, 0.1) is 33.1 Å². The van der Waals surface area contributed by atoms with Crippen LogP contribution in [0, 0.1) is 0 Å². The predicted octanol–water partition coefficient (Wildman–Crippen LogP) is 5.72. The van der Waals surface area contributed by atoms with E-state index in [9.17, 15) is 0 Å². The molecule has 0 radical (unpaired) electrons. The summed E-state index contributed by atoms with van der Waals surface area (Å²) in [7, 11) is 4.94. The van der Waals surface area contributed by atoms with Crippen LogP contribution in [-0.4, -0.2) is 32.0 Å². The molecule has 0 saturated heterocycles. The van der Waals surface area contributed by atoms with Crippen LogP contribution < -0.4 is 18.9 Å². The molecule has 0 amide bonds. The lowest BCUT2D eigenvalue weighted by Gasteiger charge is -2.38. The number of hydrogen-bond acceptors (Lipinski definition) is 6. The highest BCUT2D eigenvalue weighted by molar-refractivity contribution is 9.10. The van der Waals surface area contributed by atoms with Crippen LogP contribution in [0.1, 0.15) is 35.4 Å². The molecule has 0 aromatic heterocycles. The van der Waals surface area contributed by atoms with Crippen LogP contribution in [0.25, 0.3) is 0 Å². The molecular formula is C25H23BrN2O4. The molecule has 0 saturated carbocycles. The molecule has 0 bridgehead atoms. The second kappa shape index (κ2) is 8.39. The minimum absolute atomic E-state index is 0.0615. The molecule has 32 heavy (non-hydrogen) atoms. The second-order valence-corrected chi connectivity index (χ2v) is 8.56. The lowest BCUT2D eigenvalue weighted by molar-refractivity contribution is -0.0191. The highest BCUT2D eigenvalue weighted by Gasteiger charge is 2.41. The van der Waals surface area contributed by atoms with Crippen molar-refractivity contribution in [3.8, 4) is 23.0 Å². The lowest BCUT2D eigenvalue weighted by atomic mass is 9.95. The smallest absolute Gasteiger partial charge is 0.213 e. The third kappa shape index (κ3) is 3.56. The summed E-state index contributed by atoms with van der Waals surface area (Å²) in [5.74, 6) is 3.06. The van der Waals surface area contributed by atoms with Crippen molar-refractivity contribution in [3.63, 3.8) is 0 Å². The molecule has 7 heteroatoms. The molecule has 2 heterocycles. The van der Waals surface area contributed by atoms with Crippen molar-refractivity contribution in [3.05, 3.63) is 81.8 Å². The van der Waals surface area contributed by atoms with Crippen molar-refractivity contribution in [1.29, 1.82) is 0 Å². The standard InChI is InChI=1S/C25H23BrN2O4/c1-29-18-8-4-15(5-9-18)25-28-21(19-13-17(26)7-11-22(19)32-25)14-20(27-28)16-6-10-23(30-2)24(12-16)31-3/h4-13,21,25H,14H2,1-3H3/t21-,25+/m0/s1. The Morgan fingerprint density at radius 3 is 2.41 bits per heavy atom. The van der Waals surface area contributed by atoms with E-state index >= 15 is 0 Å². The van der Waals surface area contributed by atoms with Crippen molar-refractivity contribution in [2.75, 3.05) is 21.3 Å². The molecular weight excluding hydrogens is 472 g/mol. The molecule has 3 aromatic rings. The molecule has 0 unspecified atom stereocenters. The van der Waals surface area contributed by atoms with Gasteiger partial charge < -0.3 is 18.9 Å². The van der Waals surface area contributed by atoms with E-state index in [1.54, 1.807) is 21.3 Å². The fourth-order valence-corrected chi connectivity index (χ4v) is 4.62. The third-order valence-corrected chi connectivity index (χ3v) is 6.36. The Bertz CT molecular complexity index is 1180. The number of hydrazone groups is 1.